The van der Waals surface area contributed by atoms with Gasteiger partial charge >= 0.3 is 5.97 Å². The largest absolute Gasteiger partial charge is 0.469 e. The minimum absolute atomic E-state index is 0.0198. The smallest absolute Gasteiger partial charge is 0.312 e. The second kappa shape index (κ2) is 7.83. The summed E-state index contributed by atoms with van der Waals surface area (Å²) in [6.45, 7) is 14.7. The van der Waals surface area contributed by atoms with Crippen LogP contribution in [-0.4, -0.2) is 56.9 Å². The second-order valence-electron chi connectivity index (χ2n) is 15.5. The Kier molecular flexibility index (Phi) is 5.84. The average Bonchev–Trinajstić information content (AvgIpc) is 3.23. The Morgan fingerprint density at radius 2 is 1.49 bits per heavy atom. The third-order valence-corrected chi connectivity index (χ3v) is 12.6. The zero-order chi connectivity index (χ0) is 27.5. The summed E-state index contributed by atoms with van der Waals surface area (Å²) in [5, 5.41) is 35.3. The van der Waals surface area contributed by atoms with E-state index in [9.17, 15) is 20.1 Å². The van der Waals surface area contributed by atoms with Gasteiger partial charge in [-0.15, -0.1) is 0 Å². The molecule has 0 radical (unpaired) electrons. The summed E-state index contributed by atoms with van der Waals surface area (Å²) >= 11 is 0. The van der Waals surface area contributed by atoms with E-state index in [1.807, 2.05) is 19.9 Å². The van der Waals surface area contributed by atoms with Gasteiger partial charge in [0.25, 0.3) is 0 Å². The highest BCUT2D eigenvalue weighted by Gasteiger charge is 2.76. The normalized spacial score (nSPS) is 54.1. The molecule has 5 rings (SSSR count). The molecule has 5 aliphatic rings. The molecule has 4 fully saturated rings. The van der Waals surface area contributed by atoms with Gasteiger partial charge in [0, 0.05) is 11.3 Å². The van der Waals surface area contributed by atoms with Crippen LogP contribution in [0.25, 0.3) is 0 Å². The van der Waals surface area contributed by atoms with Crippen LogP contribution in [0.15, 0.2) is 12.2 Å². The van der Waals surface area contributed by atoms with Crippen LogP contribution in [0.3, 0.4) is 0 Å². The van der Waals surface area contributed by atoms with E-state index in [1.165, 1.54) is 7.11 Å². The monoisotopic (exact) mass is 518 g/mol. The number of rotatable bonds is 1. The summed E-state index contributed by atoms with van der Waals surface area (Å²) in [5.41, 5.74) is -6.10. The number of carbonyl (C=O) groups excluding carboxylic acids is 1. The van der Waals surface area contributed by atoms with Gasteiger partial charge in [0.15, 0.2) is 0 Å². The summed E-state index contributed by atoms with van der Waals surface area (Å²) in [6, 6.07) is 0. The summed E-state index contributed by atoms with van der Waals surface area (Å²) in [5.74, 6) is -0.356. The molecule has 6 heteroatoms. The summed E-state index contributed by atoms with van der Waals surface area (Å²) in [4.78, 5) is 13.5. The molecule has 0 unspecified atom stereocenters. The van der Waals surface area contributed by atoms with E-state index >= 15 is 0 Å². The van der Waals surface area contributed by atoms with Gasteiger partial charge in [-0.2, -0.15) is 0 Å². The van der Waals surface area contributed by atoms with Crippen LogP contribution in [0.1, 0.15) is 106 Å². The van der Waals surface area contributed by atoms with Crippen LogP contribution in [0.4, 0.5) is 0 Å². The summed E-state index contributed by atoms with van der Waals surface area (Å²) in [7, 11) is 1.47. The first-order chi connectivity index (χ1) is 16.9. The molecule has 210 valence electrons. The number of hydrogen-bond acceptors (Lipinski definition) is 6. The number of methoxy groups -OCH3 is 1. The molecule has 2 spiro atoms. The first kappa shape index (κ1) is 27.6. The summed E-state index contributed by atoms with van der Waals surface area (Å²) in [6.07, 6.45) is 9.74. The highest BCUT2D eigenvalue weighted by atomic mass is 16.6. The first-order valence-electron chi connectivity index (χ1n) is 14.5. The van der Waals surface area contributed by atoms with Gasteiger partial charge < -0.3 is 24.8 Å². The third kappa shape index (κ3) is 3.28. The number of carbonyl (C=O) groups is 1. The zero-order valence-corrected chi connectivity index (χ0v) is 24.3. The molecular formula is C31H50O6. The molecule has 0 saturated heterocycles. The average molecular weight is 519 g/mol. The molecule has 0 amide bonds. The van der Waals surface area contributed by atoms with Crippen LogP contribution in [0.2, 0.25) is 0 Å². The van der Waals surface area contributed by atoms with E-state index in [0.29, 0.717) is 32.1 Å². The molecule has 4 aliphatic carbocycles. The summed E-state index contributed by atoms with van der Waals surface area (Å²) < 4.78 is 12.9. The predicted octanol–water partition coefficient (Wildman–Crippen LogP) is 4.93. The molecule has 4 saturated carbocycles. The zero-order valence-electron chi connectivity index (χ0n) is 24.3. The maximum absolute atomic E-state index is 13.5. The van der Waals surface area contributed by atoms with Crippen molar-refractivity contribution in [2.75, 3.05) is 7.11 Å². The fourth-order valence-electron chi connectivity index (χ4n) is 10.1. The van der Waals surface area contributed by atoms with E-state index in [-0.39, 0.29) is 28.6 Å². The van der Waals surface area contributed by atoms with Crippen molar-refractivity contribution in [3.63, 3.8) is 0 Å². The van der Waals surface area contributed by atoms with Crippen LogP contribution in [-0.2, 0) is 14.3 Å². The van der Waals surface area contributed by atoms with Gasteiger partial charge in [0.05, 0.1) is 29.8 Å². The number of ether oxygens (including phenoxy) is 2. The molecule has 0 aromatic carbocycles. The standard InChI is InChI=1S/C31H50O6/c1-24(2)13-15-29(23(33)36-8)16-14-27(6,34)30(21(29)19-24)17-18-31(37-30)26(5)11-10-22(32)25(3,4)20(26)9-12-28(31,7)35/h17-18,20-22,32,34-35H,9-16,19H2,1-8H3/t20-,21+,22-,26-,27-,28+,29-,30-,31+/m0/s1. The minimum atomic E-state index is -1.22. The van der Waals surface area contributed by atoms with Crippen molar-refractivity contribution in [2.24, 2.45) is 33.5 Å². The maximum atomic E-state index is 13.5. The quantitative estimate of drug-likeness (QED) is 0.337. The van der Waals surface area contributed by atoms with Crippen molar-refractivity contribution in [2.45, 2.75) is 135 Å². The van der Waals surface area contributed by atoms with Gasteiger partial charge in [-0.3, -0.25) is 4.79 Å². The molecule has 0 bridgehead atoms. The van der Waals surface area contributed by atoms with Crippen LogP contribution >= 0.6 is 0 Å². The van der Waals surface area contributed by atoms with Crippen LogP contribution < -0.4 is 0 Å². The number of aliphatic hydroxyl groups excluding tert-OH is 1. The Labute approximate surface area is 223 Å². The minimum Gasteiger partial charge on any atom is -0.469 e. The van der Waals surface area contributed by atoms with Gasteiger partial charge in [-0.1, -0.05) is 46.8 Å². The molecule has 1 heterocycles. The first-order valence-corrected chi connectivity index (χ1v) is 14.5. The molecule has 6 nitrogen and oxygen atoms in total. The van der Waals surface area contributed by atoms with E-state index in [2.05, 4.69) is 40.7 Å². The fraction of sp³-hybridized carbons (Fsp3) is 0.903. The van der Waals surface area contributed by atoms with Crippen molar-refractivity contribution >= 4 is 5.97 Å². The Hall–Kier alpha value is -0.950. The Morgan fingerprint density at radius 1 is 0.838 bits per heavy atom. The van der Waals surface area contributed by atoms with E-state index in [1.54, 1.807) is 0 Å². The Bertz CT molecular complexity index is 992. The lowest BCUT2D eigenvalue weighted by Gasteiger charge is -2.68. The number of esters is 1. The lowest BCUT2D eigenvalue weighted by Crippen LogP contribution is -2.75. The number of hydrogen-bond donors (Lipinski definition) is 3. The predicted molar refractivity (Wildman–Crippen MR) is 142 cm³/mol. The molecule has 3 N–H and O–H groups in total. The Balaban J connectivity index is 1.69. The van der Waals surface area contributed by atoms with Crippen LogP contribution in [0, 0.1) is 33.5 Å². The van der Waals surface area contributed by atoms with E-state index < -0.39 is 39.3 Å². The van der Waals surface area contributed by atoms with Gasteiger partial charge in [-0.25, -0.2) is 0 Å². The fourth-order valence-corrected chi connectivity index (χ4v) is 10.1. The maximum Gasteiger partial charge on any atom is 0.312 e. The Morgan fingerprint density at radius 3 is 2.14 bits per heavy atom. The second-order valence-corrected chi connectivity index (χ2v) is 15.5. The number of fused-ring (bicyclic) bond motifs is 4. The van der Waals surface area contributed by atoms with Gasteiger partial charge in [0.1, 0.15) is 11.2 Å². The number of aliphatic hydroxyl groups is 3. The van der Waals surface area contributed by atoms with Gasteiger partial charge in [0.2, 0.25) is 0 Å². The third-order valence-electron chi connectivity index (χ3n) is 12.6. The lowest BCUT2D eigenvalue weighted by atomic mass is 9.43. The van der Waals surface area contributed by atoms with Crippen LogP contribution in [0.5, 0.6) is 0 Å². The topological polar surface area (TPSA) is 96.2 Å². The van der Waals surface area contributed by atoms with E-state index in [0.717, 1.165) is 25.7 Å². The molecule has 1 aliphatic heterocycles. The van der Waals surface area contributed by atoms with Crippen molar-refractivity contribution in [1.29, 1.82) is 0 Å². The SMILES string of the molecule is COC(=O)[C@]12CCC(C)(C)C[C@H]1[C@@]1(C=C[C@@]3(O1)[C@@]1(C)CC[C@H](O)C(C)(C)[C@@H]1CC[C@@]3(C)O)[C@@](C)(O)CC2. The molecule has 0 aromatic heterocycles. The lowest BCUT2D eigenvalue weighted by molar-refractivity contribution is -0.339. The highest BCUT2D eigenvalue weighted by Crippen LogP contribution is 2.71. The molecule has 37 heavy (non-hydrogen) atoms. The molecule has 0 aromatic rings. The van der Waals surface area contributed by atoms with Crippen molar-refractivity contribution in [1.82, 2.24) is 0 Å². The van der Waals surface area contributed by atoms with Crippen molar-refractivity contribution < 1.29 is 29.6 Å². The van der Waals surface area contributed by atoms with Crippen molar-refractivity contribution in [3.05, 3.63) is 12.2 Å². The van der Waals surface area contributed by atoms with Crippen molar-refractivity contribution in [3.8, 4) is 0 Å². The highest BCUT2D eigenvalue weighted by molar-refractivity contribution is 5.78. The molecular weight excluding hydrogens is 468 g/mol. The van der Waals surface area contributed by atoms with Gasteiger partial charge in [-0.05, 0) is 88.4 Å². The van der Waals surface area contributed by atoms with E-state index in [4.69, 9.17) is 9.47 Å². The molecule has 9 atom stereocenters.